The van der Waals surface area contributed by atoms with E-state index in [1.165, 1.54) is 0 Å². The number of esters is 1. The second-order valence-corrected chi connectivity index (χ2v) is 3.88. The molecule has 0 saturated carbocycles. The van der Waals surface area contributed by atoms with Gasteiger partial charge in [-0.25, -0.2) is 9.59 Å². The summed E-state index contributed by atoms with van der Waals surface area (Å²) in [6.07, 6.45) is 2.22. The van der Waals surface area contributed by atoms with Crippen molar-refractivity contribution in [3.8, 4) is 0 Å². The fraction of sp³-hybridized carbons (Fsp3) is 0.692. The van der Waals surface area contributed by atoms with Gasteiger partial charge in [0.05, 0.1) is 19.3 Å². The van der Waals surface area contributed by atoms with E-state index < -0.39 is 12.1 Å². The molecule has 0 bridgehead atoms. The molecule has 1 unspecified atom stereocenters. The van der Waals surface area contributed by atoms with Crippen molar-refractivity contribution in [1.29, 1.82) is 0 Å². The normalized spacial score (nSPS) is 11.5. The monoisotopic (exact) mass is 273 g/mol. The number of hydrogen-bond donors (Lipinski definition) is 1. The molecule has 110 valence electrons. The number of ether oxygens (including phenoxy) is 3. The highest BCUT2D eigenvalue weighted by Gasteiger charge is 2.03. The van der Waals surface area contributed by atoms with Crippen LogP contribution in [0.2, 0.25) is 0 Å². The van der Waals surface area contributed by atoms with Crippen molar-refractivity contribution in [3.05, 3.63) is 12.7 Å². The quantitative estimate of drug-likeness (QED) is 0.372. The van der Waals surface area contributed by atoms with Gasteiger partial charge in [0.25, 0.3) is 0 Å². The molecule has 0 aromatic rings. The number of alkyl carbamates (subject to hydrolysis) is 1. The standard InChI is InChI=1S/C13H23NO5/c1-4-11(3)17-9-10-19-13(16)14-7-6-8-18-12(15)5-2/h5,11H,2,4,6-10H2,1,3H3,(H,14,16). The molecule has 0 aliphatic rings. The number of carbonyl (C=O) groups is 2. The molecule has 6 nitrogen and oxygen atoms in total. The minimum atomic E-state index is -0.497. The Hall–Kier alpha value is -1.56. The van der Waals surface area contributed by atoms with Crippen LogP contribution in [-0.2, 0) is 19.0 Å². The zero-order valence-corrected chi connectivity index (χ0v) is 11.6. The summed E-state index contributed by atoms with van der Waals surface area (Å²) >= 11 is 0. The Morgan fingerprint density at radius 3 is 2.63 bits per heavy atom. The highest BCUT2D eigenvalue weighted by atomic mass is 16.6. The molecular formula is C13H23NO5. The summed E-state index contributed by atoms with van der Waals surface area (Å²) in [5.74, 6) is -0.468. The van der Waals surface area contributed by atoms with Crippen LogP contribution in [0.5, 0.6) is 0 Å². The smallest absolute Gasteiger partial charge is 0.407 e. The molecule has 1 atom stereocenters. The first-order valence-electron chi connectivity index (χ1n) is 6.41. The SMILES string of the molecule is C=CC(=O)OCCCNC(=O)OCCOC(C)CC. The van der Waals surface area contributed by atoms with Gasteiger partial charge in [0, 0.05) is 12.6 Å². The first-order chi connectivity index (χ1) is 9.10. The van der Waals surface area contributed by atoms with E-state index in [0.717, 1.165) is 12.5 Å². The second-order valence-electron chi connectivity index (χ2n) is 3.88. The maximum absolute atomic E-state index is 11.2. The Kier molecular flexibility index (Phi) is 10.6. The molecule has 0 rings (SSSR count). The molecule has 0 radical (unpaired) electrons. The van der Waals surface area contributed by atoms with Gasteiger partial charge < -0.3 is 19.5 Å². The summed E-state index contributed by atoms with van der Waals surface area (Å²) in [4.78, 5) is 21.9. The average molecular weight is 273 g/mol. The van der Waals surface area contributed by atoms with E-state index in [4.69, 9.17) is 14.2 Å². The van der Waals surface area contributed by atoms with Gasteiger partial charge in [-0.1, -0.05) is 13.5 Å². The molecule has 0 aliphatic carbocycles. The Morgan fingerprint density at radius 2 is 2.00 bits per heavy atom. The molecular weight excluding hydrogens is 250 g/mol. The Bertz CT molecular complexity index is 280. The zero-order valence-electron chi connectivity index (χ0n) is 11.6. The van der Waals surface area contributed by atoms with Gasteiger partial charge in [-0.2, -0.15) is 0 Å². The largest absolute Gasteiger partial charge is 0.462 e. The van der Waals surface area contributed by atoms with Crippen LogP contribution in [0.25, 0.3) is 0 Å². The summed E-state index contributed by atoms with van der Waals surface area (Å²) in [6, 6.07) is 0. The molecule has 0 spiro atoms. The van der Waals surface area contributed by atoms with Gasteiger partial charge in [0.1, 0.15) is 6.61 Å². The zero-order chi connectivity index (χ0) is 14.5. The summed E-state index contributed by atoms with van der Waals surface area (Å²) in [6.45, 7) is 8.49. The Labute approximate surface area is 114 Å². The minimum Gasteiger partial charge on any atom is -0.462 e. The van der Waals surface area contributed by atoms with E-state index in [0.29, 0.717) is 19.6 Å². The van der Waals surface area contributed by atoms with Crippen LogP contribution in [0, 0.1) is 0 Å². The lowest BCUT2D eigenvalue weighted by molar-refractivity contribution is -0.137. The summed E-state index contributed by atoms with van der Waals surface area (Å²) in [5.41, 5.74) is 0. The molecule has 0 fully saturated rings. The summed E-state index contributed by atoms with van der Waals surface area (Å²) in [5, 5.41) is 2.54. The van der Waals surface area contributed by atoms with Crippen molar-refractivity contribution in [3.63, 3.8) is 0 Å². The van der Waals surface area contributed by atoms with E-state index in [2.05, 4.69) is 11.9 Å². The molecule has 0 heterocycles. The van der Waals surface area contributed by atoms with Crippen LogP contribution >= 0.6 is 0 Å². The van der Waals surface area contributed by atoms with E-state index in [1.54, 1.807) is 0 Å². The van der Waals surface area contributed by atoms with E-state index in [9.17, 15) is 9.59 Å². The number of nitrogens with one attached hydrogen (secondary N) is 1. The van der Waals surface area contributed by atoms with E-state index >= 15 is 0 Å². The summed E-state index contributed by atoms with van der Waals surface area (Å²) < 4.78 is 15.0. The second kappa shape index (κ2) is 11.5. The van der Waals surface area contributed by atoms with E-state index in [1.807, 2.05) is 13.8 Å². The first kappa shape index (κ1) is 17.4. The van der Waals surface area contributed by atoms with Gasteiger partial charge in [-0.15, -0.1) is 0 Å². The number of carbonyl (C=O) groups excluding carboxylic acids is 2. The third kappa shape index (κ3) is 11.3. The van der Waals surface area contributed by atoms with Crippen LogP contribution in [0.3, 0.4) is 0 Å². The Morgan fingerprint density at radius 1 is 1.26 bits per heavy atom. The lowest BCUT2D eigenvalue weighted by Gasteiger charge is -2.11. The molecule has 6 heteroatoms. The van der Waals surface area contributed by atoms with Gasteiger partial charge in [0.15, 0.2) is 0 Å². The number of rotatable bonds is 10. The lowest BCUT2D eigenvalue weighted by Crippen LogP contribution is -2.27. The molecule has 19 heavy (non-hydrogen) atoms. The first-order valence-corrected chi connectivity index (χ1v) is 6.41. The molecule has 0 aliphatic heterocycles. The van der Waals surface area contributed by atoms with Crippen molar-refractivity contribution in [1.82, 2.24) is 5.32 Å². The molecule has 0 saturated heterocycles. The van der Waals surface area contributed by atoms with Gasteiger partial charge in [-0.05, 0) is 19.8 Å². The van der Waals surface area contributed by atoms with Crippen molar-refractivity contribution < 1.29 is 23.8 Å². The fourth-order valence-electron chi connectivity index (χ4n) is 1.05. The third-order valence-corrected chi connectivity index (χ3v) is 2.30. The third-order valence-electron chi connectivity index (χ3n) is 2.30. The van der Waals surface area contributed by atoms with E-state index in [-0.39, 0.29) is 19.3 Å². The fourth-order valence-corrected chi connectivity index (χ4v) is 1.05. The molecule has 1 amide bonds. The number of amides is 1. The van der Waals surface area contributed by atoms with Gasteiger partial charge in [-0.3, -0.25) is 0 Å². The maximum atomic E-state index is 11.2. The topological polar surface area (TPSA) is 73.9 Å². The van der Waals surface area contributed by atoms with Gasteiger partial charge >= 0.3 is 12.1 Å². The highest BCUT2D eigenvalue weighted by Crippen LogP contribution is 1.95. The molecule has 0 aromatic heterocycles. The number of hydrogen-bond acceptors (Lipinski definition) is 5. The predicted molar refractivity (Wildman–Crippen MR) is 70.8 cm³/mol. The average Bonchev–Trinajstić information content (AvgIpc) is 2.42. The van der Waals surface area contributed by atoms with Crippen molar-refractivity contribution in [2.24, 2.45) is 0 Å². The van der Waals surface area contributed by atoms with Crippen LogP contribution < -0.4 is 5.32 Å². The molecule has 1 N–H and O–H groups in total. The van der Waals surface area contributed by atoms with Crippen LogP contribution in [0.1, 0.15) is 26.7 Å². The van der Waals surface area contributed by atoms with Crippen LogP contribution in [-0.4, -0.2) is 44.5 Å². The minimum absolute atomic E-state index is 0.172. The molecule has 0 aromatic carbocycles. The van der Waals surface area contributed by atoms with Crippen molar-refractivity contribution in [2.75, 3.05) is 26.4 Å². The van der Waals surface area contributed by atoms with Crippen molar-refractivity contribution in [2.45, 2.75) is 32.8 Å². The Balaban J connectivity index is 3.35. The van der Waals surface area contributed by atoms with Crippen molar-refractivity contribution >= 4 is 12.1 Å². The lowest BCUT2D eigenvalue weighted by atomic mass is 10.3. The predicted octanol–water partition coefficient (Wildman–Crippen LogP) is 1.65. The maximum Gasteiger partial charge on any atom is 0.407 e. The van der Waals surface area contributed by atoms with Crippen LogP contribution in [0.15, 0.2) is 12.7 Å². The highest BCUT2D eigenvalue weighted by molar-refractivity contribution is 5.81. The van der Waals surface area contributed by atoms with Crippen LogP contribution in [0.4, 0.5) is 4.79 Å². The summed E-state index contributed by atoms with van der Waals surface area (Å²) in [7, 11) is 0. The van der Waals surface area contributed by atoms with Gasteiger partial charge in [0.2, 0.25) is 0 Å².